The van der Waals surface area contributed by atoms with E-state index >= 15 is 0 Å². The van der Waals surface area contributed by atoms with E-state index in [2.05, 4.69) is 86.4 Å². The molecule has 204 valence electrons. The van der Waals surface area contributed by atoms with Gasteiger partial charge in [-0.1, -0.05) is 109 Å². The van der Waals surface area contributed by atoms with E-state index in [0.29, 0.717) is 21.5 Å². The Morgan fingerprint density at radius 1 is 0.417 bits per heavy atom. The van der Waals surface area contributed by atoms with Crippen molar-refractivity contribution in [2.24, 2.45) is 0 Å². The second kappa shape index (κ2) is 16.1. The Kier molecular flexibility index (Phi) is 13.7. The van der Waals surface area contributed by atoms with Crippen LogP contribution in [0.4, 0.5) is 0 Å². The summed E-state index contributed by atoms with van der Waals surface area (Å²) in [4.78, 5) is 4.63. The molecule has 2 heterocycles. The van der Waals surface area contributed by atoms with Crippen molar-refractivity contribution in [2.75, 3.05) is 0 Å². The molecular weight excluding hydrogens is 744 g/mol. The van der Waals surface area contributed by atoms with Crippen molar-refractivity contribution >= 4 is 95.8 Å². The van der Waals surface area contributed by atoms with Crippen LogP contribution in [0.1, 0.15) is 150 Å². The van der Waals surface area contributed by atoms with E-state index in [1.165, 1.54) is 147 Å². The minimum Gasteiger partial charge on any atom is -0.137 e. The molecule has 2 aromatic heterocycles. The van der Waals surface area contributed by atoms with E-state index in [-0.39, 0.29) is 0 Å². The van der Waals surface area contributed by atoms with Gasteiger partial charge in [0.1, 0.15) is 0 Å². The maximum absolute atomic E-state index is 4.14. The highest BCUT2D eigenvalue weighted by Gasteiger charge is 2.27. The van der Waals surface area contributed by atoms with Crippen molar-refractivity contribution in [1.82, 2.24) is 0 Å². The second-order valence-electron chi connectivity index (χ2n) is 11.4. The predicted molar refractivity (Wildman–Crippen MR) is 178 cm³/mol. The van der Waals surface area contributed by atoms with Crippen molar-refractivity contribution in [3.8, 4) is 0 Å². The van der Waals surface area contributed by atoms with Crippen LogP contribution in [-0.2, 0) is 0 Å². The third-order valence-electron chi connectivity index (χ3n) is 8.50. The quantitative estimate of drug-likeness (QED) is 0.266. The molecule has 2 aliphatic rings. The minimum absolute atomic E-state index is 0.692. The first-order valence-corrected chi connectivity index (χ1v) is 19.8. The molecule has 0 aromatic carbocycles. The summed E-state index contributed by atoms with van der Waals surface area (Å²) in [6.07, 6.45) is 27.6. The Balaban J connectivity index is 1.53. The Morgan fingerprint density at radius 3 is 1.14 bits per heavy atom. The van der Waals surface area contributed by atoms with Crippen LogP contribution >= 0.6 is 86.4 Å². The molecular formula is C30H44Br4S2. The maximum atomic E-state index is 4.14. The van der Waals surface area contributed by atoms with Gasteiger partial charge in [0.25, 0.3) is 0 Å². The number of thiophene rings is 2. The summed E-state index contributed by atoms with van der Waals surface area (Å²) in [5.74, 6) is 1.41. The molecule has 2 saturated carbocycles. The largest absolute Gasteiger partial charge is 0.137 e. The summed E-state index contributed by atoms with van der Waals surface area (Å²) < 4.78 is 5.88. The summed E-state index contributed by atoms with van der Waals surface area (Å²) in [7, 11) is 0. The number of hydrogen-bond acceptors (Lipinski definition) is 2. The summed E-state index contributed by atoms with van der Waals surface area (Å²) >= 11 is 20.5. The van der Waals surface area contributed by atoms with Crippen LogP contribution in [0, 0.1) is 0 Å². The van der Waals surface area contributed by atoms with Crippen LogP contribution in [0.3, 0.4) is 0 Å². The average molecular weight is 788 g/mol. The highest BCUT2D eigenvalue weighted by Crippen LogP contribution is 2.53. The summed E-state index contributed by atoms with van der Waals surface area (Å²) in [6, 6.07) is 0. The zero-order valence-electron chi connectivity index (χ0n) is 21.8. The molecule has 6 heteroatoms. The fraction of sp³-hybridized carbons (Fsp3) is 0.800. The first-order valence-electron chi connectivity index (χ1n) is 14.7. The summed E-state index contributed by atoms with van der Waals surface area (Å²) in [6.45, 7) is 0. The van der Waals surface area contributed by atoms with Crippen molar-refractivity contribution < 1.29 is 0 Å². The number of fused-ring (bicyclic) bond motifs is 1. The minimum atomic E-state index is 0.692. The molecule has 0 radical (unpaired) electrons. The van der Waals surface area contributed by atoms with Gasteiger partial charge in [0.05, 0.1) is 9.40 Å². The predicted octanol–water partition coefficient (Wildman–Crippen LogP) is 14.0. The van der Waals surface area contributed by atoms with E-state index in [4.69, 9.17) is 0 Å². The van der Waals surface area contributed by atoms with Gasteiger partial charge in [-0.2, -0.15) is 0 Å². The van der Waals surface area contributed by atoms with Gasteiger partial charge in [0, 0.05) is 28.4 Å². The lowest BCUT2D eigenvalue weighted by Gasteiger charge is -2.20. The lowest BCUT2D eigenvalue weighted by atomic mass is 9.91. The third kappa shape index (κ3) is 8.79. The fourth-order valence-electron chi connectivity index (χ4n) is 6.23. The van der Waals surface area contributed by atoms with E-state index < -0.39 is 0 Å². The molecule has 2 aromatic rings. The van der Waals surface area contributed by atoms with E-state index in [0.717, 1.165) is 0 Å². The first-order chi connectivity index (χ1) is 17.5. The van der Waals surface area contributed by atoms with Gasteiger partial charge in [-0.05, 0) is 95.1 Å². The fourth-order valence-corrected chi connectivity index (χ4v) is 12.5. The zero-order valence-corrected chi connectivity index (χ0v) is 29.8. The molecule has 4 rings (SSSR count). The van der Waals surface area contributed by atoms with Crippen molar-refractivity contribution in [3.05, 3.63) is 18.7 Å². The Morgan fingerprint density at radius 2 is 0.750 bits per heavy atom. The van der Waals surface area contributed by atoms with Crippen LogP contribution in [0.2, 0.25) is 0 Å². The Bertz CT molecular complexity index is 846. The lowest BCUT2D eigenvalue weighted by molar-refractivity contribution is 0.477. The van der Waals surface area contributed by atoms with Gasteiger partial charge in [0.15, 0.2) is 0 Å². The molecule has 0 spiro atoms. The van der Waals surface area contributed by atoms with Gasteiger partial charge < -0.3 is 0 Å². The number of hydrogen-bond donors (Lipinski definition) is 0. The van der Waals surface area contributed by atoms with E-state index in [9.17, 15) is 0 Å². The van der Waals surface area contributed by atoms with Gasteiger partial charge >= 0.3 is 0 Å². The van der Waals surface area contributed by atoms with Crippen LogP contribution in [0.15, 0.2) is 8.95 Å². The maximum Gasteiger partial charge on any atom is 0.0610 e. The van der Waals surface area contributed by atoms with Crippen LogP contribution in [-0.4, -0.2) is 9.65 Å². The van der Waals surface area contributed by atoms with Crippen LogP contribution < -0.4 is 0 Å². The number of alkyl halides is 2. The molecule has 36 heavy (non-hydrogen) atoms. The summed E-state index contributed by atoms with van der Waals surface area (Å²) in [5.41, 5.74) is 0. The lowest BCUT2D eigenvalue weighted by Crippen LogP contribution is -2.05. The van der Waals surface area contributed by atoms with Crippen molar-refractivity contribution in [1.29, 1.82) is 0 Å². The molecule has 0 nitrogen and oxygen atoms in total. The standard InChI is InChI=1S/C30H44Br4S2/c31-23-15-11-7-3-1-5-9-13-21(17-19-23)27-25(33)29-30(35-27)26(34)28(36-29)22-14-10-6-2-4-8-12-16-24(32)20-18-22/h21-24H,1-20H2. The molecule has 0 bridgehead atoms. The molecule has 0 aliphatic heterocycles. The normalized spacial score (nSPS) is 29.1. The molecule has 0 amide bonds. The highest BCUT2D eigenvalue weighted by molar-refractivity contribution is 9.11. The van der Waals surface area contributed by atoms with Crippen molar-refractivity contribution in [3.63, 3.8) is 0 Å². The monoisotopic (exact) mass is 784 g/mol. The number of halogens is 4. The Labute approximate surface area is 262 Å². The highest BCUT2D eigenvalue weighted by atomic mass is 79.9. The molecule has 4 unspecified atom stereocenters. The van der Waals surface area contributed by atoms with Crippen LogP contribution in [0.5, 0.6) is 0 Å². The van der Waals surface area contributed by atoms with Gasteiger partial charge in [0.2, 0.25) is 0 Å². The molecule has 2 fully saturated rings. The molecule has 0 saturated heterocycles. The topological polar surface area (TPSA) is 0 Å². The zero-order chi connectivity index (χ0) is 25.3. The van der Waals surface area contributed by atoms with Gasteiger partial charge in [-0.3, -0.25) is 0 Å². The number of rotatable bonds is 2. The second-order valence-corrected chi connectivity index (χ2v) is 17.6. The van der Waals surface area contributed by atoms with Crippen LogP contribution in [0.25, 0.3) is 9.40 Å². The molecule has 0 N–H and O–H groups in total. The first kappa shape index (κ1) is 30.5. The smallest absolute Gasteiger partial charge is 0.0610 e. The van der Waals surface area contributed by atoms with Crippen molar-refractivity contribution in [2.45, 2.75) is 150 Å². The SMILES string of the molecule is Brc1c(C2CCCCCCCCC(Br)CC2)sc2c(Br)c(C3CCCCCCCCC(Br)CC3)sc12. The average Bonchev–Trinajstić information content (AvgIpc) is 3.35. The molecule has 2 aliphatic carbocycles. The molecule has 4 atom stereocenters. The third-order valence-corrected chi connectivity index (χ3v) is 15.9. The van der Waals surface area contributed by atoms with E-state index in [1.807, 2.05) is 0 Å². The van der Waals surface area contributed by atoms with Gasteiger partial charge in [-0.25, -0.2) is 0 Å². The Hall–Kier alpha value is 1.58. The van der Waals surface area contributed by atoms with Gasteiger partial charge in [-0.15, -0.1) is 22.7 Å². The van der Waals surface area contributed by atoms with E-state index in [1.54, 1.807) is 9.75 Å². The summed E-state index contributed by atoms with van der Waals surface area (Å²) in [5, 5.41) is 0.